The van der Waals surface area contributed by atoms with Gasteiger partial charge in [0.25, 0.3) is 0 Å². The summed E-state index contributed by atoms with van der Waals surface area (Å²) < 4.78 is 48.4. The number of benzene rings is 1. The number of halogens is 3. The van der Waals surface area contributed by atoms with Gasteiger partial charge in [-0.2, -0.15) is 18.3 Å². The average Bonchev–Trinajstić information content (AvgIpc) is 3.16. The first-order valence-electron chi connectivity index (χ1n) is 9.05. The SMILES string of the molecule is CCOC(=O)Cc1csc(NN=Cc2ccc(Oc3cccc(C(F)(F)F)n3)cc2)n1. The summed E-state index contributed by atoms with van der Waals surface area (Å²) in [5, 5.41) is 6.33. The first-order chi connectivity index (χ1) is 14.8. The highest BCUT2D eigenvalue weighted by atomic mass is 32.1. The number of hydrogen-bond acceptors (Lipinski definition) is 8. The number of carbonyl (C=O) groups excluding carboxylic acids is 1. The van der Waals surface area contributed by atoms with Crippen molar-refractivity contribution in [3.63, 3.8) is 0 Å². The second kappa shape index (κ2) is 10.0. The molecule has 0 atom stereocenters. The third-order valence-electron chi connectivity index (χ3n) is 3.67. The third kappa shape index (κ3) is 6.78. The Balaban J connectivity index is 1.54. The molecule has 0 unspecified atom stereocenters. The van der Waals surface area contributed by atoms with E-state index in [2.05, 4.69) is 20.5 Å². The van der Waals surface area contributed by atoms with Crippen LogP contribution in [0.4, 0.5) is 18.3 Å². The van der Waals surface area contributed by atoms with Crippen molar-refractivity contribution in [3.05, 3.63) is 64.8 Å². The Kier molecular flexibility index (Phi) is 7.19. The lowest BCUT2D eigenvalue weighted by atomic mass is 10.2. The molecule has 0 saturated carbocycles. The Hall–Kier alpha value is -3.47. The van der Waals surface area contributed by atoms with Crippen LogP contribution in [-0.2, 0) is 22.1 Å². The number of esters is 1. The first-order valence-corrected chi connectivity index (χ1v) is 9.92. The Morgan fingerprint density at radius 1 is 1.19 bits per heavy atom. The molecule has 0 saturated heterocycles. The molecule has 11 heteroatoms. The van der Waals surface area contributed by atoms with Crippen molar-refractivity contribution < 1.29 is 27.4 Å². The highest BCUT2D eigenvalue weighted by Gasteiger charge is 2.32. The van der Waals surface area contributed by atoms with Crippen molar-refractivity contribution in [1.29, 1.82) is 0 Å². The molecule has 0 aliphatic carbocycles. The second-order valence-corrected chi connectivity index (χ2v) is 6.88. The molecule has 0 aliphatic heterocycles. The smallest absolute Gasteiger partial charge is 0.433 e. The van der Waals surface area contributed by atoms with Gasteiger partial charge in [0.15, 0.2) is 0 Å². The van der Waals surface area contributed by atoms with Crippen molar-refractivity contribution >= 4 is 28.7 Å². The number of nitrogens with zero attached hydrogens (tertiary/aromatic N) is 3. The Morgan fingerprint density at radius 3 is 2.68 bits per heavy atom. The molecular formula is C20H17F3N4O3S. The van der Waals surface area contributed by atoms with Crippen LogP contribution in [0.1, 0.15) is 23.9 Å². The van der Waals surface area contributed by atoms with Crippen LogP contribution in [0, 0.1) is 0 Å². The van der Waals surface area contributed by atoms with Crippen LogP contribution >= 0.6 is 11.3 Å². The van der Waals surface area contributed by atoms with E-state index >= 15 is 0 Å². The summed E-state index contributed by atoms with van der Waals surface area (Å²) in [6.45, 7) is 2.06. The Bertz CT molecular complexity index is 1050. The number of ether oxygens (including phenoxy) is 2. The number of carbonyl (C=O) groups is 1. The van der Waals surface area contributed by atoms with E-state index in [4.69, 9.17) is 9.47 Å². The van der Waals surface area contributed by atoms with E-state index in [-0.39, 0.29) is 18.3 Å². The molecule has 0 amide bonds. The predicted octanol–water partition coefficient (Wildman–Crippen LogP) is 4.90. The van der Waals surface area contributed by atoms with Crippen LogP contribution in [0.3, 0.4) is 0 Å². The summed E-state index contributed by atoms with van der Waals surface area (Å²) in [4.78, 5) is 19.1. The number of aromatic nitrogens is 2. The summed E-state index contributed by atoms with van der Waals surface area (Å²) in [5.74, 6) is -0.161. The average molecular weight is 450 g/mol. The highest BCUT2D eigenvalue weighted by molar-refractivity contribution is 7.13. The molecule has 2 aromatic heterocycles. The minimum Gasteiger partial charge on any atom is -0.466 e. The summed E-state index contributed by atoms with van der Waals surface area (Å²) >= 11 is 1.30. The minimum absolute atomic E-state index is 0.0952. The molecule has 0 fully saturated rings. The van der Waals surface area contributed by atoms with Crippen LogP contribution in [0.5, 0.6) is 11.6 Å². The van der Waals surface area contributed by atoms with Gasteiger partial charge in [-0.3, -0.25) is 10.2 Å². The first kappa shape index (κ1) is 22.2. The van der Waals surface area contributed by atoms with E-state index in [0.29, 0.717) is 23.2 Å². The highest BCUT2D eigenvalue weighted by Crippen LogP contribution is 2.29. The van der Waals surface area contributed by atoms with E-state index in [1.807, 2.05) is 0 Å². The summed E-state index contributed by atoms with van der Waals surface area (Å²) in [7, 11) is 0. The lowest BCUT2D eigenvalue weighted by molar-refractivity contribution is -0.142. The van der Waals surface area contributed by atoms with Crippen LogP contribution in [0.2, 0.25) is 0 Å². The molecule has 31 heavy (non-hydrogen) atoms. The zero-order chi connectivity index (χ0) is 22.3. The van der Waals surface area contributed by atoms with Gasteiger partial charge in [-0.05, 0) is 42.8 Å². The van der Waals surface area contributed by atoms with Gasteiger partial charge in [-0.15, -0.1) is 11.3 Å². The third-order valence-corrected chi connectivity index (χ3v) is 4.47. The van der Waals surface area contributed by atoms with Gasteiger partial charge < -0.3 is 9.47 Å². The van der Waals surface area contributed by atoms with Gasteiger partial charge in [0.05, 0.1) is 24.9 Å². The molecular weight excluding hydrogens is 433 g/mol. The Morgan fingerprint density at radius 2 is 1.97 bits per heavy atom. The van der Waals surface area contributed by atoms with E-state index < -0.39 is 11.9 Å². The van der Waals surface area contributed by atoms with E-state index in [1.165, 1.54) is 23.5 Å². The van der Waals surface area contributed by atoms with Crippen molar-refractivity contribution in [2.24, 2.45) is 5.10 Å². The molecule has 1 N–H and O–H groups in total. The van der Waals surface area contributed by atoms with Crippen molar-refractivity contribution in [3.8, 4) is 11.6 Å². The molecule has 1 aromatic carbocycles. The zero-order valence-corrected chi connectivity index (χ0v) is 17.0. The largest absolute Gasteiger partial charge is 0.466 e. The summed E-state index contributed by atoms with van der Waals surface area (Å²) in [5.41, 5.74) is 3.06. The number of nitrogens with one attached hydrogen (secondary N) is 1. The van der Waals surface area contributed by atoms with Gasteiger partial charge in [0, 0.05) is 11.4 Å². The van der Waals surface area contributed by atoms with Gasteiger partial charge >= 0.3 is 12.1 Å². The van der Waals surface area contributed by atoms with Gasteiger partial charge in [0.2, 0.25) is 11.0 Å². The molecule has 3 aromatic rings. The topological polar surface area (TPSA) is 85.7 Å². The Labute approximate surface area is 179 Å². The van der Waals surface area contributed by atoms with Crippen molar-refractivity contribution in [2.45, 2.75) is 19.5 Å². The molecule has 7 nitrogen and oxygen atoms in total. The van der Waals surface area contributed by atoms with Crippen molar-refractivity contribution in [1.82, 2.24) is 9.97 Å². The van der Waals surface area contributed by atoms with Crippen LogP contribution in [-0.4, -0.2) is 28.8 Å². The molecule has 0 aliphatic rings. The van der Waals surface area contributed by atoms with E-state index in [1.54, 1.807) is 42.8 Å². The maximum absolute atomic E-state index is 12.7. The van der Waals surface area contributed by atoms with E-state index in [0.717, 1.165) is 11.6 Å². The fraction of sp³-hybridized carbons (Fsp3) is 0.200. The number of thiazole rings is 1. The molecule has 0 radical (unpaired) electrons. The summed E-state index contributed by atoms with van der Waals surface area (Å²) in [6, 6.07) is 9.99. The standard InChI is InChI=1S/C20H17F3N4O3S/c1-2-29-18(28)10-14-12-31-19(25-14)27-24-11-13-6-8-15(9-7-13)30-17-5-3-4-16(26-17)20(21,22)23/h3-9,11-12H,2,10H2,1H3,(H,25,27). The van der Waals surface area contributed by atoms with E-state index in [9.17, 15) is 18.0 Å². The lowest BCUT2D eigenvalue weighted by Gasteiger charge is -2.08. The monoisotopic (exact) mass is 450 g/mol. The predicted molar refractivity (Wildman–Crippen MR) is 109 cm³/mol. The van der Waals surface area contributed by atoms with Crippen LogP contribution in [0.25, 0.3) is 0 Å². The van der Waals surface area contributed by atoms with Gasteiger partial charge in [-0.25, -0.2) is 9.97 Å². The molecule has 162 valence electrons. The maximum Gasteiger partial charge on any atom is 0.433 e. The van der Waals surface area contributed by atoms with Crippen LogP contribution < -0.4 is 10.2 Å². The zero-order valence-electron chi connectivity index (χ0n) is 16.2. The normalized spacial score (nSPS) is 11.5. The fourth-order valence-corrected chi connectivity index (χ4v) is 2.99. The molecule has 0 bridgehead atoms. The molecule has 0 spiro atoms. The fourth-order valence-electron chi connectivity index (χ4n) is 2.33. The molecule has 2 heterocycles. The van der Waals surface area contributed by atoms with Gasteiger partial charge in [-0.1, -0.05) is 6.07 Å². The number of rotatable bonds is 8. The maximum atomic E-state index is 12.7. The number of pyridine rings is 1. The van der Waals surface area contributed by atoms with Gasteiger partial charge in [0.1, 0.15) is 11.4 Å². The molecule has 3 rings (SSSR count). The number of hydrogen-bond donors (Lipinski definition) is 1. The number of hydrazone groups is 1. The second-order valence-electron chi connectivity index (χ2n) is 6.03. The lowest BCUT2D eigenvalue weighted by Crippen LogP contribution is -2.07. The minimum atomic E-state index is -4.54. The number of anilines is 1. The quantitative estimate of drug-likeness (QED) is 0.298. The number of alkyl halides is 3. The summed E-state index contributed by atoms with van der Waals surface area (Å²) in [6.07, 6.45) is -2.90. The van der Waals surface area contributed by atoms with Crippen LogP contribution in [0.15, 0.2) is 52.9 Å². The van der Waals surface area contributed by atoms with Crippen molar-refractivity contribution in [2.75, 3.05) is 12.0 Å².